The lowest BCUT2D eigenvalue weighted by atomic mass is 9.55. The topological polar surface area (TPSA) is 29.5 Å². The van der Waals surface area contributed by atoms with E-state index >= 15 is 0 Å². The van der Waals surface area contributed by atoms with E-state index in [1.54, 1.807) is 12.1 Å². The van der Waals surface area contributed by atoms with Crippen molar-refractivity contribution in [1.82, 2.24) is 0 Å². The average molecular weight is 351 g/mol. The Balaban J connectivity index is 1.65. The number of ether oxygens (including phenoxy) is 1. The number of rotatable bonds is 6. The van der Waals surface area contributed by atoms with E-state index in [0.717, 1.165) is 28.7 Å². The molecule has 0 amide bonds. The van der Waals surface area contributed by atoms with Crippen LogP contribution in [-0.2, 0) is 6.42 Å². The van der Waals surface area contributed by atoms with Crippen LogP contribution in [0.4, 0.5) is 0 Å². The molecule has 0 heterocycles. The van der Waals surface area contributed by atoms with Gasteiger partial charge in [-0.2, -0.15) is 0 Å². The maximum atomic E-state index is 10.6. The van der Waals surface area contributed by atoms with Crippen molar-refractivity contribution in [3.05, 3.63) is 88.9 Å². The molecule has 2 nitrogen and oxygen atoms in total. The third-order valence-corrected chi connectivity index (χ3v) is 4.48. The molecule has 25 heavy (non-hydrogen) atoms. The zero-order chi connectivity index (χ0) is 17.6. The quantitative estimate of drug-likeness (QED) is 0.691. The van der Waals surface area contributed by atoms with Crippen molar-refractivity contribution >= 4 is 29.4 Å². The summed E-state index contributed by atoms with van der Waals surface area (Å²) in [6.45, 7) is 1.94. The zero-order valence-corrected chi connectivity index (χ0v) is 14.9. The van der Waals surface area contributed by atoms with Crippen LogP contribution in [0, 0.1) is 6.92 Å². The predicted molar refractivity (Wildman–Crippen MR) is 106 cm³/mol. The van der Waals surface area contributed by atoms with E-state index in [1.165, 1.54) is 5.56 Å². The molecule has 0 fully saturated rings. The Labute approximate surface area is 154 Å². The van der Waals surface area contributed by atoms with Gasteiger partial charge in [0.1, 0.15) is 5.75 Å². The Morgan fingerprint density at radius 3 is 2.36 bits per heavy atom. The van der Waals surface area contributed by atoms with Gasteiger partial charge in [-0.3, -0.25) is 0 Å². The van der Waals surface area contributed by atoms with Crippen LogP contribution >= 0.6 is 11.6 Å². The van der Waals surface area contributed by atoms with Crippen LogP contribution in [0.3, 0.4) is 0 Å². The van der Waals surface area contributed by atoms with Crippen LogP contribution in [0.5, 0.6) is 5.75 Å². The van der Waals surface area contributed by atoms with E-state index in [4.69, 9.17) is 16.3 Å². The average Bonchev–Trinajstić information content (AvgIpc) is 2.63. The largest absolute Gasteiger partial charge is 0.493 e. The molecular formula is C21H20BClO2. The highest BCUT2D eigenvalue weighted by Crippen LogP contribution is 2.13. The number of halogens is 1. The smallest absolute Gasteiger partial charge is 0.359 e. The molecule has 3 rings (SSSR count). The van der Waals surface area contributed by atoms with Crippen molar-refractivity contribution < 1.29 is 9.76 Å². The summed E-state index contributed by atoms with van der Waals surface area (Å²) >= 11 is 5.91. The molecule has 3 aromatic carbocycles. The summed E-state index contributed by atoms with van der Waals surface area (Å²) in [5, 5.41) is 11.3. The van der Waals surface area contributed by atoms with E-state index in [1.807, 2.05) is 55.5 Å². The molecule has 0 aliphatic heterocycles. The van der Waals surface area contributed by atoms with Gasteiger partial charge in [0.15, 0.2) is 0 Å². The number of hydrogen-bond donors (Lipinski definition) is 1. The molecule has 0 spiro atoms. The first-order valence-electron chi connectivity index (χ1n) is 8.34. The van der Waals surface area contributed by atoms with Crippen LogP contribution in [0.1, 0.15) is 11.1 Å². The summed E-state index contributed by atoms with van der Waals surface area (Å²) in [4.78, 5) is 0. The highest BCUT2D eigenvalue weighted by Gasteiger charge is 2.19. The van der Waals surface area contributed by atoms with E-state index < -0.39 is 6.92 Å². The molecule has 0 radical (unpaired) electrons. The Hall–Kier alpha value is -2.23. The molecule has 0 aliphatic rings. The van der Waals surface area contributed by atoms with Crippen molar-refractivity contribution in [2.45, 2.75) is 13.3 Å². The van der Waals surface area contributed by atoms with Crippen molar-refractivity contribution in [3.63, 3.8) is 0 Å². The van der Waals surface area contributed by atoms with Crippen molar-refractivity contribution in [2.24, 2.45) is 0 Å². The molecule has 0 saturated carbocycles. The fraction of sp³-hybridized carbons (Fsp3) is 0.143. The van der Waals surface area contributed by atoms with Crippen molar-refractivity contribution in [2.75, 3.05) is 6.61 Å². The fourth-order valence-electron chi connectivity index (χ4n) is 2.80. The minimum atomic E-state index is -0.671. The summed E-state index contributed by atoms with van der Waals surface area (Å²) < 4.78 is 5.85. The van der Waals surface area contributed by atoms with Gasteiger partial charge in [-0.05, 0) is 53.2 Å². The maximum absolute atomic E-state index is 10.6. The van der Waals surface area contributed by atoms with Crippen LogP contribution in [0.25, 0.3) is 0 Å². The van der Waals surface area contributed by atoms with Gasteiger partial charge in [0.25, 0.3) is 0 Å². The van der Waals surface area contributed by atoms with Gasteiger partial charge in [-0.25, -0.2) is 0 Å². The highest BCUT2D eigenvalue weighted by molar-refractivity contribution is 6.79. The SMILES string of the molecule is Cc1cc(OCCc2ccccc2)ccc1B(O)c1ccc(Cl)cc1. The third-order valence-electron chi connectivity index (χ3n) is 4.22. The first kappa shape index (κ1) is 17.6. The van der Waals surface area contributed by atoms with Crippen LogP contribution in [0.2, 0.25) is 5.02 Å². The third kappa shape index (κ3) is 4.65. The second-order valence-corrected chi connectivity index (χ2v) is 6.49. The molecule has 0 unspecified atom stereocenters. The van der Waals surface area contributed by atoms with Crippen LogP contribution in [-0.4, -0.2) is 18.5 Å². The van der Waals surface area contributed by atoms with Gasteiger partial charge >= 0.3 is 6.92 Å². The first-order chi connectivity index (χ1) is 12.1. The summed E-state index contributed by atoms with van der Waals surface area (Å²) in [7, 11) is 0. The summed E-state index contributed by atoms with van der Waals surface area (Å²) in [5.41, 5.74) is 3.96. The van der Waals surface area contributed by atoms with Gasteiger partial charge in [0.2, 0.25) is 0 Å². The van der Waals surface area contributed by atoms with E-state index in [2.05, 4.69) is 12.1 Å². The Kier molecular flexibility index (Phi) is 5.80. The first-order valence-corrected chi connectivity index (χ1v) is 8.72. The molecule has 126 valence electrons. The molecular weight excluding hydrogens is 330 g/mol. The van der Waals surface area contributed by atoms with Crippen molar-refractivity contribution in [1.29, 1.82) is 0 Å². The van der Waals surface area contributed by atoms with Crippen LogP contribution in [0.15, 0.2) is 72.8 Å². The number of benzene rings is 3. The van der Waals surface area contributed by atoms with Crippen LogP contribution < -0.4 is 15.7 Å². The maximum Gasteiger partial charge on any atom is 0.359 e. The standard InChI is InChI=1S/C21H20BClO2/c1-16-15-20(25-14-13-17-5-3-2-4-6-17)11-12-21(16)22(24)18-7-9-19(23)10-8-18/h2-12,15,24H,13-14H2,1H3. The molecule has 0 aromatic heterocycles. The van der Waals surface area contributed by atoms with Gasteiger partial charge in [-0.1, -0.05) is 60.1 Å². The highest BCUT2D eigenvalue weighted by atomic mass is 35.5. The molecule has 0 saturated heterocycles. The molecule has 3 aromatic rings. The zero-order valence-electron chi connectivity index (χ0n) is 14.2. The molecule has 1 N–H and O–H groups in total. The normalized spacial score (nSPS) is 10.5. The lowest BCUT2D eigenvalue weighted by Gasteiger charge is -2.13. The lowest BCUT2D eigenvalue weighted by Crippen LogP contribution is -2.43. The summed E-state index contributed by atoms with van der Waals surface area (Å²) in [6.07, 6.45) is 0.870. The lowest BCUT2D eigenvalue weighted by molar-refractivity contribution is 0.322. The van der Waals surface area contributed by atoms with Gasteiger partial charge in [0.05, 0.1) is 6.61 Å². The van der Waals surface area contributed by atoms with Gasteiger partial charge in [0, 0.05) is 11.4 Å². The monoisotopic (exact) mass is 350 g/mol. The molecule has 4 heteroatoms. The van der Waals surface area contributed by atoms with E-state index in [9.17, 15) is 5.02 Å². The second kappa shape index (κ2) is 8.24. The second-order valence-electron chi connectivity index (χ2n) is 6.06. The Morgan fingerprint density at radius 1 is 0.960 bits per heavy atom. The summed E-state index contributed by atoms with van der Waals surface area (Å²) in [5.74, 6) is 0.820. The molecule has 0 bridgehead atoms. The van der Waals surface area contributed by atoms with Gasteiger partial charge in [-0.15, -0.1) is 0 Å². The molecule has 0 atom stereocenters. The van der Waals surface area contributed by atoms with Gasteiger partial charge < -0.3 is 9.76 Å². The van der Waals surface area contributed by atoms with E-state index in [-0.39, 0.29) is 0 Å². The number of aryl methyl sites for hydroxylation is 1. The Morgan fingerprint density at radius 2 is 1.68 bits per heavy atom. The summed E-state index contributed by atoms with van der Waals surface area (Å²) in [6, 6.07) is 23.3. The minimum Gasteiger partial charge on any atom is -0.493 e. The van der Waals surface area contributed by atoms with Crippen molar-refractivity contribution in [3.8, 4) is 5.75 Å². The minimum absolute atomic E-state index is 0.628. The fourth-order valence-corrected chi connectivity index (χ4v) is 2.93. The van der Waals surface area contributed by atoms with E-state index in [0.29, 0.717) is 11.6 Å². The molecule has 0 aliphatic carbocycles. The Bertz CT molecular complexity index is 819. The predicted octanol–water partition coefficient (Wildman–Crippen LogP) is 3.37. The number of hydrogen-bond acceptors (Lipinski definition) is 2.